The Morgan fingerprint density at radius 3 is 1.30 bits per heavy atom. The Balaban J connectivity index is 2.33. The number of rotatable bonds is 7. The minimum atomic E-state index is 0.281. The van der Waals surface area contributed by atoms with Crippen LogP contribution in [-0.4, -0.2) is 13.1 Å². The second kappa shape index (κ2) is 7.83. The molecule has 0 radical (unpaired) electrons. The van der Waals surface area contributed by atoms with E-state index >= 15 is 0 Å². The Labute approximate surface area is 122 Å². The molecule has 2 aromatic carbocycles. The molecule has 0 spiro atoms. The third-order valence-electron chi connectivity index (χ3n) is 3.50. The summed E-state index contributed by atoms with van der Waals surface area (Å²) < 4.78 is 0. The van der Waals surface area contributed by atoms with E-state index in [1.165, 1.54) is 11.1 Å². The van der Waals surface area contributed by atoms with Gasteiger partial charge in [0.1, 0.15) is 0 Å². The van der Waals surface area contributed by atoms with Crippen molar-refractivity contribution in [3.8, 4) is 0 Å². The van der Waals surface area contributed by atoms with Gasteiger partial charge in [0.05, 0.1) is 12.1 Å². The highest BCUT2D eigenvalue weighted by molar-refractivity contribution is 5.27. The van der Waals surface area contributed by atoms with E-state index in [2.05, 4.69) is 85.1 Å². The number of benzene rings is 2. The molecule has 2 atom stereocenters. The minimum absolute atomic E-state index is 0.281. The van der Waals surface area contributed by atoms with Crippen LogP contribution in [0.3, 0.4) is 0 Å². The second-order valence-corrected chi connectivity index (χ2v) is 4.89. The fourth-order valence-corrected chi connectivity index (χ4v) is 2.62. The molecule has 0 aliphatic rings. The molecule has 2 nitrogen and oxygen atoms in total. The van der Waals surface area contributed by atoms with Crippen molar-refractivity contribution >= 4 is 0 Å². The maximum Gasteiger partial charge on any atom is 0.0518 e. The van der Waals surface area contributed by atoms with Crippen LogP contribution in [-0.2, 0) is 0 Å². The molecule has 0 saturated heterocycles. The minimum Gasteiger partial charge on any atom is -0.309 e. The Kier molecular flexibility index (Phi) is 5.78. The van der Waals surface area contributed by atoms with Crippen molar-refractivity contribution in [1.29, 1.82) is 0 Å². The standard InChI is InChI=1S/C18H24N2/c1-3-19-17(15-11-7-5-8-12-15)18(20-4-2)16-13-9-6-10-14-16/h5-14,17-20H,3-4H2,1-2H3/t17-,18-/m1/s1. The molecule has 2 N–H and O–H groups in total. The van der Waals surface area contributed by atoms with Gasteiger partial charge in [-0.25, -0.2) is 0 Å². The summed E-state index contributed by atoms with van der Waals surface area (Å²) in [6, 6.07) is 21.9. The molecule has 0 heterocycles. The lowest BCUT2D eigenvalue weighted by Gasteiger charge is -2.29. The Morgan fingerprint density at radius 1 is 0.650 bits per heavy atom. The van der Waals surface area contributed by atoms with E-state index in [9.17, 15) is 0 Å². The molecule has 0 unspecified atom stereocenters. The molecule has 2 aromatic rings. The van der Waals surface area contributed by atoms with Crippen molar-refractivity contribution in [1.82, 2.24) is 10.6 Å². The summed E-state index contributed by atoms with van der Waals surface area (Å²) in [7, 11) is 0. The molecule has 0 aromatic heterocycles. The lowest BCUT2D eigenvalue weighted by Crippen LogP contribution is -2.35. The van der Waals surface area contributed by atoms with Gasteiger partial charge in [-0.15, -0.1) is 0 Å². The largest absolute Gasteiger partial charge is 0.309 e. The van der Waals surface area contributed by atoms with E-state index in [0.717, 1.165) is 13.1 Å². The van der Waals surface area contributed by atoms with Crippen LogP contribution in [0.5, 0.6) is 0 Å². The number of nitrogens with one attached hydrogen (secondary N) is 2. The molecular weight excluding hydrogens is 244 g/mol. The Morgan fingerprint density at radius 2 is 1.00 bits per heavy atom. The molecule has 2 heteroatoms. The zero-order valence-corrected chi connectivity index (χ0v) is 12.3. The summed E-state index contributed by atoms with van der Waals surface area (Å²) in [4.78, 5) is 0. The molecule has 20 heavy (non-hydrogen) atoms. The monoisotopic (exact) mass is 268 g/mol. The van der Waals surface area contributed by atoms with Crippen LogP contribution in [0.1, 0.15) is 37.1 Å². The van der Waals surface area contributed by atoms with Crippen LogP contribution in [0.15, 0.2) is 60.7 Å². The fraction of sp³-hybridized carbons (Fsp3) is 0.333. The van der Waals surface area contributed by atoms with Gasteiger partial charge in [0.15, 0.2) is 0 Å². The van der Waals surface area contributed by atoms with Gasteiger partial charge < -0.3 is 10.6 Å². The lowest BCUT2D eigenvalue weighted by atomic mass is 9.93. The van der Waals surface area contributed by atoms with E-state index < -0.39 is 0 Å². The maximum atomic E-state index is 3.62. The summed E-state index contributed by atoms with van der Waals surface area (Å²) in [6.07, 6.45) is 0. The molecule has 0 amide bonds. The predicted octanol–water partition coefficient (Wildman–Crippen LogP) is 3.69. The third kappa shape index (κ3) is 3.69. The Hall–Kier alpha value is -1.64. The molecule has 0 saturated carbocycles. The SMILES string of the molecule is CCN[C@H](c1ccccc1)[C@H](NCC)c1ccccc1. The molecule has 0 aliphatic carbocycles. The van der Waals surface area contributed by atoms with Crippen molar-refractivity contribution in [2.45, 2.75) is 25.9 Å². The molecule has 0 aliphatic heterocycles. The predicted molar refractivity (Wildman–Crippen MR) is 85.7 cm³/mol. The van der Waals surface area contributed by atoms with Crippen LogP contribution < -0.4 is 10.6 Å². The average molecular weight is 268 g/mol. The van der Waals surface area contributed by atoms with Gasteiger partial charge in [0.2, 0.25) is 0 Å². The quantitative estimate of drug-likeness (QED) is 0.800. The number of hydrogen-bond acceptors (Lipinski definition) is 2. The van der Waals surface area contributed by atoms with E-state index in [1.54, 1.807) is 0 Å². The molecule has 0 bridgehead atoms. The second-order valence-electron chi connectivity index (χ2n) is 4.89. The van der Waals surface area contributed by atoms with Gasteiger partial charge in [0.25, 0.3) is 0 Å². The normalized spacial score (nSPS) is 13.9. The first-order valence-corrected chi connectivity index (χ1v) is 7.43. The van der Waals surface area contributed by atoms with E-state index in [-0.39, 0.29) is 12.1 Å². The van der Waals surface area contributed by atoms with Gasteiger partial charge in [-0.05, 0) is 24.2 Å². The first-order valence-electron chi connectivity index (χ1n) is 7.43. The van der Waals surface area contributed by atoms with Gasteiger partial charge in [0, 0.05) is 0 Å². The maximum absolute atomic E-state index is 3.62. The summed E-state index contributed by atoms with van der Waals surface area (Å²) in [5.74, 6) is 0. The van der Waals surface area contributed by atoms with E-state index in [1.807, 2.05) is 0 Å². The highest BCUT2D eigenvalue weighted by Crippen LogP contribution is 2.28. The van der Waals surface area contributed by atoms with Crippen molar-refractivity contribution in [3.05, 3.63) is 71.8 Å². The average Bonchev–Trinajstić information content (AvgIpc) is 2.52. The van der Waals surface area contributed by atoms with Crippen LogP contribution in [0.2, 0.25) is 0 Å². The molecule has 2 rings (SSSR count). The van der Waals surface area contributed by atoms with Crippen LogP contribution in [0, 0.1) is 0 Å². The van der Waals surface area contributed by atoms with Crippen LogP contribution in [0.25, 0.3) is 0 Å². The third-order valence-corrected chi connectivity index (χ3v) is 3.50. The van der Waals surface area contributed by atoms with Crippen molar-refractivity contribution in [2.75, 3.05) is 13.1 Å². The molecular formula is C18H24N2. The van der Waals surface area contributed by atoms with E-state index in [0.29, 0.717) is 0 Å². The van der Waals surface area contributed by atoms with Gasteiger partial charge in [-0.3, -0.25) is 0 Å². The van der Waals surface area contributed by atoms with Gasteiger partial charge in [-0.1, -0.05) is 74.5 Å². The number of likely N-dealkylation sites (N-methyl/N-ethyl adjacent to an activating group) is 2. The highest BCUT2D eigenvalue weighted by atomic mass is 15.0. The van der Waals surface area contributed by atoms with Crippen molar-refractivity contribution in [2.24, 2.45) is 0 Å². The van der Waals surface area contributed by atoms with Gasteiger partial charge in [-0.2, -0.15) is 0 Å². The van der Waals surface area contributed by atoms with Gasteiger partial charge >= 0.3 is 0 Å². The molecule has 0 fully saturated rings. The first-order chi connectivity index (χ1) is 9.86. The van der Waals surface area contributed by atoms with Crippen LogP contribution >= 0.6 is 0 Å². The van der Waals surface area contributed by atoms with E-state index in [4.69, 9.17) is 0 Å². The topological polar surface area (TPSA) is 24.1 Å². The summed E-state index contributed by atoms with van der Waals surface area (Å²) in [6.45, 7) is 6.22. The van der Waals surface area contributed by atoms with Crippen molar-refractivity contribution in [3.63, 3.8) is 0 Å². The first kappa shape index (κ1) is 14.8. The Bertz CT molecular complexity index is 434. The summed E-state index contributed by atoms with van der Waals surface area (Å²) >= 11 is 0. The van der Waals surface area contributed by atoms with Crippen LogP contribution in [0.4, 0.5) is 0 Å². The smallest absolute Gasteiger partial charge is 0.0518 e. The zero-order chi connectivity index (χ0) is 14.2. The fourth-order valence-electron chi connectivity index (χ4n) is 2.62. The number of hydrogen-bond donors (Lipinski definition) is 2. The zero-order valence-electron chi connectivity index (χ0n) is 12.3. The summed E-state index contributed by atoms with van der Waals surface area (Å²) in [5, 5.41) is 7.24. The summed E-state index contributed by atoms with van der Waals surface area (Å²) in [5.41, 5.74) is 2.65. The highest BCUT2D eigenvalue weighted by Gasteiger charge is 2.22. The van der Waals surface area contributed by atoms with Crippen molar-refractivity contribution < 1.29 is 0 Å². The lowest BCUT2D eigenvalue weighted by molar-refractivity contribution is 0.398. The molecule has 106 valence electrons.